The van der Waals surface area contributed by atoms with E-state index in [1.165, 1.54) is 31.6 Å². The molecule has 0 amide bonds. The highest BCUT2D eigenvalue weighted by Crippen LogP contribution is 2.47. The summed E-state index contributed by atoms with van der Waals surface area (Å²) in [6.45, 7) is 0. The third-order valence-electron chi connectivity index (χ3n) is 6.70. The maximum absolute atomic E-state index is 15.3. The van der Waals surface area contributed by atoms with Gasteiger partial charge in [-0.1, -0.05) is 0 Å². The molecule has 7 nitrogen and oxygen atoms in total. The summed E-state index contributed by atoms with van der Waals surface area (Å²) in [6.07, 6.45) is 4.73. The van der Waals surface area contributed by atoms with Gasteiger partial charge in [0.05, 0.1) is 41.5 Å². The van der Waals surface area contributed by atoms with Gasteiger partial charge in [-0.05, 0) is 52.9 Å². The number of methoxy groups -OCH3 is 1. The fraction of sp³-hybridized carbons (Fsp3) is 0.375. The highest BCUT2D eigenvalue weighted by Gasteiger charge is 2.41. The summed E-state index contributed by atoms with van der Waals surface area (Å²) in [6, 6.07) is 3.56. The van der Waals surface area contributed by atoms with Crippen molar-refractivity contribution in [3.8, 4) is 5.88 Å². The van der Waals surface area contributed by atoms with Crippen LogP contribution in [0.15, 0.2) is 46.2 Å². The monoisotopic (exact) mass is 582 g/mol. The predicted molar refractivity (Wildman–Crippen MR) is 132 cm³/mol. The van der Waals surface area contributed by atoms with Crippen LogP contribution in [0.25, 0.3) is 21.9 Å². The molecule has 5 rings (SSSR count). The third kappa shape index (κ3) is 4.23. The first kappa shape index (κ1) is 24.9. The molecule has 1 unspecified atom stereocenters. The second kappa shape index (κ2) is 8.98. The lowest BCUT2D eigenvalue weighted by molar-refractivity contribution is -0.0495. The highest BCUT2D eigenvalue weighted by atomic mass is 79.9. The van der Waals surface area contributed by atoms with E-state index in [2.05, 4.69) is 30.9 Å². The van der Waals surface area contributed by atoms with Crippen molar-refractivity contribution >= 4 is 47.7 Å². The van der Waals surface area contributed by atoms with Crippen LogP contribution < -0.4 is 4.74 Å². The number of rotatable bonds is 5. The Morgan fingerprint density at radius 3 is 2.56 bits per heavy atom. The van der Waals surface area contributed by atoms with Crippen LogP contribution >= 0.6 is 15.9 Å². The summed E-state index contributed by atoms with van der Waals surface area (Å²) in [4.78, 5) is 12.9. The molecule has 1 atom stereocenters. The average molecular weight is 583 g/mol. The van der Waals surface area contributed by atoms with E-state index < -0.39 is 33.5 Å². The summed E-state index contributed by atoms with van der Waals surface area (Å²) >= 11 is 3.42. The van der Waals surface area contributed by atoms with Gasteiger partial charge in [0.15, 0.2) is 9.84 Å². The molecular formula is C24H22BrF3N4O3S. The van der Waals surface area contributed by atoms with E-state index in [0.717, 1.165) is 6.26 Å². The zero-order valence-electron chi connectivity index (χ0n) is 19.4. The molecule has 0 aromatic carbocycles. The maximum Gasteiger partial charge on any atom is 0.248 e. The van der Waals surface area contributed by atoms with Crippen LogP contribution in [0.5, 0.6) is 5.88 Å². The Labute approximate surface area is 213 Å². The van der Waals surface area contributed by atoms with Crippen molar-refractivity contribution in [3.63, 3.8) is 0 Å². The molecule has 0 spiro atoms. The van der Waals surface area contributed by atoms with E-state index in [1.807, 2.05) is 0 Å². The minimum Gasteiger partial charge on any atom is -0.480 e. The predicted octanol–water partition coefficient (Wildman–Crippen LogP) is 5.71. The molecule has 0 saturated heterocycles. The number of alkyl halides is 2. The molecule has 4 heterocycles. The lowest BCUT2D eigenvalue weighted by Crippen LogP contribution is -2.31. The van der Waals surface area contributed by atoms with Gasteiger partial charge in [-0.3, -0.25) is 9.97 Å². The standard InChI is InChI=1S/C24H22BrF3N4O3S/c1-35-23-18-20-16(10-14(25)11-30-20)32(22(18)17(12-31-23)36(2,33)34)21(19-15(26)4-3-9-29-19)13-5-7-24(27,28)8-6-13/h3-4,9-13,21H,5-8H2,1-2H3. The number of hydrogen-bond acceptors (Lipinski definition) is 6. The molecule has 1 fully saturated rings. The van der Waals surface area contributed by atoms with Crippen molar-refractivity contribution in [1.82, 2.24) is 19.5 Å². The number of halogens is 4. The van der Waals surface area contributed by atoms with Gasteiger partial charge in [-0.15, -0.1) is 0 Å². The number of fused-ring (bicyclic) bond motifs is 3. The van der Waals surface area contributed by atoms with Crippen LogP contribution in [-0.4, -0.2) is 47.2 Å². The number of ether oxygens (including phenoxy) is 1. The molecule has 1 saturated carbocycles. The second-order valence-corrected chi connectivity index (χ2v) is 11.9. The van der Waals surface area contributed by atoms with Crippen LogP contribution in [0, 0.1) is 11.7 Å². The average Bonchev–Trinajstić information content (AvgIpc) is 3.14. The summed E-state index contributed by atoms with van der Waals surface area (Å²) in [7, 11) is -2.42. The van der Waals surface area contributed by atoms with E-state index >= 15 is 4.39 Å². The Morgan fingerprint density at radius 2 is 1.92 bits per heavy atom. The molecule has 0 radical (unpaired) electrons. The molecule has 0 aliphatic heterocycles. The number of pyridine rings is 3. The summed E-state index contributed by atoms with van der Waals surface area (Å²) in [5.41, 5.74) is 1.13. The van der Waals surface area contributed by atoms with Crippen LogP contribution in [-0.2, 0) is 9.84 Å². The van der Waals surface area contributed by atoms with Crippen molar-refractivity contribution in [2.45, 2.75) is 42.5 Å². The number of aromatic nitrogens is 4. The smallest absolute Gasteiger partial charge is 0.248 e. The Balaban J connectivity index is 1.94. The van der Waals surface area contributed by atoms with E-state index in [0.29, 0.717) is 20.9 Å². The first-order chi connectivity index (χ1) is 17.0. The van der Waals surface area contributed by atoms with Gasteiger partial charge in [0.1, 0.15) is 16.2 Å². The van der Waals surface area contributed by atoms with E-state index in [4.69, 9.17) is 4.74 Å². The molecule has 12 heteroatoms. The number of sulfone groups is 1. The molecule has 0 bridgehead atoms. The second-order valence-electron chi connectivity index (χ2n) is 9.03. The molecule has 4 aromatic rings. The largest absolute Gasteiger partial charge is 0.480 e. The summed E-state index contributed by atoms with van der Waals surface area (Å²) in [5, 5.41) is 0.338. The molecule has 190 valence electrons. The molecule has 0 N–H and O–H groups in total. The number of nitrogens with zero attached hydrogens (tertiary/aromatic N) is 4. The Bertz CT molecular complexity index is 1580. The quantitative estimate of drug-likeness (QED) is 0.299. The normalized spacial score (nSPS) is 17.5. The maximum atomic E-state index is 15.3. The van der Waals surface area contributed by atoms with Crippen LogP contribution in [0.3, 0.4) is 0 Å². The van der Waals surface area contributed by atoms with Gasteiger partial charge in [0.2, 0.25) is 11.8 Å². The zero-order chi connectivity index (χ0) is 25.8. The van der Waals surface area contributed by atoms with Gasteiger partial charge in [-0.25, -0.2) is 26.6 Å². The molecule has 36 heavy (non-hydrogen) atoms. The van der Waals surface area contributed by atoms with Gasteiger partial charge in [0, 0.05) is 36.0 Å². The van der Waals surface area contributed by atoms with E-state index in [9.17, 15) is 17.2 Å². The first-order valence-electron chi connectivity index (χ1n) is 11.2. The fourth-order valence-electron chi connectivity index (χ4n) is 5.11. The molecule has 1 aliphatic carbocycles. The first-order valence-corrected chi connectivity index (χ1v) is 13.9. The van der Waals surface area contributed by atoms with E-state index in [1.54, 1.807) is 16.8 Å². The Morgan fingerprint density at radius 1 is 1.19 bits per heavy atom. The lowest BCUT2D eigenvalue weighted by Gasteiger charge is -2.35. The van der Waals surface area contributed by atoms with Crippen molar-refractivity contribution in [3.05, 3.63) is 52.8 Å². The topological polar surface area (TPSA) is 87.0 Å². The molecular weight excluding hydrogens is 561 g/mol. The van der Waals surface area contributed by atoms with Crippen molar-refractivity contribution in [2.24, 2.45) is 5.92 Å². The Kier molecular flexibility index (Phi) is 6.22. The number of hydrogen-bond donors (Lipinski definition) is 0. The van der Waals surface area contributed by atoms with Gasteiger partial charge >= 0.3 is 0 Å². The minimum atomic E-state index is -3.82. The minimum absolute atomic E-state index is 0.0433. The Hall–Kier alpha value is -2.73. The molecule has 4 aromatic heterocycles. The van der Waals surface area contributed by atoms with Gasteiger partial charge < -0.3 is 9.30 Å². The third-order valence-corrected chi connectivity index (χ3v) is 8.23. The zero-order valence-corrected chi connectivity index (χ0v) is 21.8. The van der Waals surface area contributed by atoms with Crippen molar-refractivity contribution in [2.75, 3.05) is 13.4 Å². The fourth-order valence-corrected chi connectivity index (χ4v) is 6.23. The molecule has 1 aliphatic rings. The van der Waals surface area contributed by atoms with Crippen molar-refractivity contribution < 1.29 is 26.3 Å². The van der Waals surface area contributed by atoms with Crippen molar-refractivity contribution in [1.29, 1.82) is 0 Å². The lowest BCUT2D eigenvalue weighted by atomic mass is 9.80. The van der Waals surface area contributed by atoms with Gasteiger partial charge in [0.25, 0.3) is 0 Å². The van der Waals surface area contributed by atoms with Crippen LogP contribution in [0.1, 0.15) is 37.4 Å². The summed E-state index contributed by atoms with van der Waals surface area (Å²) < 4.78 is 77.1. The van der Waals surface area contributed by atoms with E-state index in [-0.39, 0.29) is 47.7 Å². The van der Waals surface area contributed by atoms with Crippen LogP contribution in [0.2, 0.25) is 0 Å². The highest BCUT2D eigenvalue weighted by molar-refractivity contribution is 9.10. The van der Waals surface area contributed by atoms with Crippen LogP contribution in [0.4, 0.5) is 13.2 Å². The van der Waals surface area contributed by atoms with Gasteiger partial charge in [-0.2, -0.15) is 0 Å². The SMILES string of the molecule is COc1ncc(S(C)(=O)=O)c2c1c1ncc(Br)cc1n2C(c1ncccc1F)C1CCC(F)(F)CC1. The summed E-state index contributed by atoms with van der Waals surface area (Å²) in [5.74, 6) is -3.72.